The highest BCUT2D eigenvalue weighted by Crippen LogP contribution is 2.22. The predicted octanol–water partition coefficient (Wildman–Crippen LogP) is 1.99. The molecule has 2 aromatic rings. The van der Waals surface area contributed by atoms with E-state index < -0.39 is 0 Å². The normalized spacial score (nSPS) is 18.5. The summed E-state index contributed by atoms with van der Waals surface area (Å²) in [7, 11) is 0. The minimum Gasteiger partial charge on any atom is -0.353 e. The number of carbonyl (C=O) groups is 1. The molecule has 0 bridgehead atoms. The van der Waals surface area contributed by atoms with Crippen molar-refractivity contribution < 1.29 is 4.79 Å². The average molecular weight is 340 g/mol. The SMILES string of the molecule is Cl.Cl.O=C1NC(NC2CC2)=N/C1=C\c1c[nH]c2ncccc12. The Labute approximate surface area is 139 Å². The van der Waals surface area contributed by atoms with Crippen LogP contribution in [-0.4, -0.2) is 27.9 Å². The number of hydrogen-bond acceptors (Lipinski definition) is 4. The highest BCUT2D eigenvalue weighted by Gasteiger charge is 2.27. The molecule has 1 aliphatic heterocycles. The van der Waals surface area contributed by atoms with Gasteiger partial charge in [-0.2, -0.15) is 0 Å². The van der Waals surface area contributed by atoms with E-state index in [1.165, 1.54) is 0 Å². The monoisotopic (exact) mass is 339 g/mol. The number of amides is 1. The molecule has 0 aromatic carbocycles. The van der Waals surface area contributed by atoms with Crippen LogP contribution in [0.15, 0.2) is 35.2 Å². The van der Waals surface area contributed by atoms with Crippen LogP contribution < -0.4 is 10.6 Å². The van der Waals surface area contributed by atoms with Crippen LogP contribution in [0.1, 0.15) is 18.4 Å². The number of halogens is 2. The molecule has 0 unspecified atom stereocenters. The number of aromatic amines is 1. The van der Waals surface area contributed by atoms with Crippen LogP contribution in [0, 0.1) is 0 Å². The van der Waals surface area contributed by atoms with Crippen LogP contribution in [-0.2, 0) is 4.79 Å². The van der Waals surface area contributed by atoms with E-state index >= 15 is 0 Å². The molecule has 1 aliphatic carbocycles. The third-order valence-electron chi connectivity index (χ3n) is 3.39. The largest absolute Gasteiger partial charge is 0.353 e. The maximum Gasteiger partial charge on any atom is 0.276 e. The number of H-pyrrole nitrogens is 1. The van der Waals surface area contributed by atoms with Gasteiger partial charge in [-0.3, -0.25) is 10.1 Å². The standard InChI is InChI=1S/C14H13N5O.2ClH/c20-13-11(18-14(19-13)17-9-3-4-9)6-8-7-16-12-10(8)2-1-5-15-12;;/h1-2,5-7,9H,3-4H2,(H,15,16)(H2,17,18,19,20);2*1H/b11-6-;;. The van der Waals surface area contributed by atoms with Crippen LogP contribution >= 0.6 is 24.8 Å². The first-order chi connectivity index (χ1) is 9.79. The van der Waals surface area contributed by atoms with E-state index in [1.807, 2.05) is 18.3 Å². The summed E-state index contributed by atoms with van der Waals surface area (Å²) in [4.78, 5) is 23.5. The van der Waals surface area contributed by atoms with Crippen molar-refractivity contribution in [3.05, 3.63) is 35.8 Å². The van der Waals surface area contributed by atoms with E-state index in [4.69, 9.17) is 0 Å². The Balaban J connectivity index is 0.000000882. The lowest BCUT2D eigenvalue weighted by molar-refractivity contribution is -0.115. The lowest BCUT2D eigenvalue weighted by Crippen LogP contribution is -2.37. The first-order valence-electron chi connectivity index (χ1n) is 6.60. The predicted molar refractivity (Wildman–Crippen MR) is 90.3 cm³/mol. The Morgan fingerprint density at radius 1 is 1.32 bits per heavy atom. The number of rotatable bonds is 2. The highest BCUT2D eigenvalue weighted by molar-refractivity contribution is 6.14. The second-order valence-electron chi connectivity index (χ2n) is 5.01. The Morgan fingerprint density at radius 2 is 2.14 bits per heavy atom. The quantitative estimate of drug-likeness (QED) is 0.731. The van der Waals surface area contributed by atoms with Crippen LogP contribution in [0.5, 0.6) is 0 Å². The van der Waals surface area contributed by atoms with E-state index in [-0.39, 0.29) is 30.7 Å². The van der Waals surface area contributed by atoms with Crippen LogP contribution in [0.25, 0.3) is 17.1 Å². The van der Waals surface area contributed by atoms with Crippen molar-refractivity contribution in [1.29, 1.82) is 0 Å². The van der Waals surface area contributed by atoms with Gasteiger partial charge in [-0.1, -0.05) is 0 Å². The third kappa shape index (κ3) is 3.08. The number of pyridine rings is 1. The molecule has 3 N–H and O–H groups in total. The summed E-state index contributed by atoms with van der Waals surface area (Å²) in [6.07, 6.45) is 7.62. The van der Waals surface area contributed by atoms with Gasteiger partial charge < -0.3 is 10.3 Å². The second-order valence-corrected chi connectivity index (χ2v) is 5.01. The van der Waals surface area contributed by atoms with Crippen molar-refractivity contribution in [3.63, 3.8) is 0 Å². The number of guanidine groups is 1. The van der Waals surface area contributed by atoms with Gasteiger partial charge in [-0.05, 0) is 31.1 Å². The van der Waals surface area contributed by atoms with Crippen molar-refractivity contribution in [2.75, 3.05) is 0 Å². The third-order valence-corrected chi connectivity index (χ3v) is 3.39. The van der Waals surface area contributed by atoms with E-state index in [2.05, 4.69) is 25.6 Å². The van der Waals surface area contributed by atoms with Crippen molar-refractivity contribution in [2.45, 2.75) is 18.9 Å². The molecular formula is C14H15Cl2N5O. The molecule has 0 atom stereocenters. The van der Waals surface area contributed by atoms with Crippen LogP contribution in [0.3, 0.4) is 0 Å². The minimum atomic E-state index is -0.175. The molecular weight excluding hydrogens is 325 g/mol. The van der Waals surface area contributed by atoms with Crippen molar-refractivity contribution in [3.8, 4) is 0 Å². The zero-order chi connectivity index (χ0) is 13.5. The van der Waals surface area contributed by atoms with Gasteiger partial charge in [-0.15, -0.1) is 24.8 Å². The van der Waals surface area contributed by atoms with Crippen LogP contribution in [0.4, 0.5) is 0 Å². The zero-order valence-electron chi connectivity index (χ0n) is 11.5. The molecule has 2 aromatic heterocycles. The number of aromatic nitrogens is 2. The first kappa shape index (κ1) is 16.3. The van der Waals surface area contributed by atoms with Crippen molar-refractivity contribution >= 4 is 53.8 Å². The van der Waals surface area contributed by atoms with Gasteiger partial charge in [-0.25, -0.2) is 9.98 Å². The fraction of sp³-hybridized carbons (Fsp3) is 0.214. The van der Waals surface area contributed by atoms with E-state index in [1.54, 1.807) is 12.3 Å². The molecule has 3 heterocycles. The summed E-state index contributed by atoms with van der Waals surface area (Å²) < 4.78 is 0. The van der Waals surface area contributed by atoms with Gasteiger partial charge >= 0.3 is 0 Å². The van der Waals surface area contributed by atoms with Gasteiger partial charge in [0.15, 0.2) is 0 Å². The lowest BCUT2D eigenvalue weighted by Gasteiger charge is -2.00. The van der Waals surface area contributed by atoms with Crippen molar-refractivity contribution in [1.82, 2.24) is 20.6 Å². The molecule has 1 saturated carbocycles. The number of aliphatic imine (C=N–C) groups is 1. The maximum atomic E-state index is 11.9. The average Bonchev–Trinajstić information content (AvgIpc) is 3.07. The van der Waals surface area contributed by atoms with Gasteiger partial charge in [0, 0.05) is 29.4 Å². The van der Waals surface area contributed by atoms with Crippen LogP contribution in [0.2, 0.25) is 0 Å². The van der Waals surface area contributed by atoms with Gasteiger partial charge in [0.05, 0.1) is 0 Å². The Morgan fingerprint density at radius 3 is 2.91 bits per heavy atom. The summed E-state index contributed by atoms with van der Waals surface area (Å²) in [6, 6.07) is 4.30. The number of hydrogen-bond donors (Lipinski definition) is 3. The van der Waals surface area contributed by atoms with E-state index in [9.17, 15) is 4.79 Å². The molecule has 6 nitrogen and oxygen atoms in total. The van der Waals surface area contributed by atoms with Gasteiger partial charge in [0.25, 0.3) is 5.91 Å². The topological polar surface area (TPSA) is 82.2 Å². The van der Waals surface area contributed by atoms with Gasteiger partial charge in [0.2, 0.25) is 5.96 Å². The maximum absolute atomic E-state index is 11.9. The summed E-state index contributed by atoms with van der Waals surface area (Å²) in [5.74, 6) is 0.383. The molecule has 1 amide bonds. The summed E-state index contributed by atoms with van der Waals surface area (Å²) in [5.41, 5.74) is 2.13. The number of carbonyl (C=O) groups excluding carboxylic acids is 1. The highest BCUT2D eigenvalue weighted by atomic mass is 35.5. The molecule has 22 heavy (non-hydrogen) atoms. The molecule has 8 heteroatoms. The summed E-state index contributed by atoms with van der Waals surface area (Å²) >= 11 is 0. The fourth-order valence-corrected chi connectivity index (χ4v) is 2.20. The Bertz CT molecular complexity index is 763. The smallest absolute Gasteiger partial charge is 0.276 e. The molecule has 4 rings (SSSR count). The second kappa shape index (κ2) is 6.37. The number of nitrogens with one attached hydrogen (secondary N) is 3. The van der Waals surface area contributed by atoms with Gasteiger partial charge in [0.1, 0.15) is 11.3 Å². The van der Waals surface area contributed by atoms with E-state index in [0.29, 0.717) is 17.7 Å². The van der Waals surface area contributed by atoms with Crippen molar-refractivity contribution in [2.24, 2.45) is 4.99 Å². The van der Waals surface area contributed by atoms with E-state index in [0.717, 1.165) is 29.4 Å². The first-order valence-corrected chi connectivity index (χ1v) is 6.60. The Hall–Kier alpha value is -2.05. The summed E-state index contributed by atoms with van der Waals surface area (Å²) in [5, 5.41) is 6.91. The number of fused-ring (bicyclic) bond motifs is 1. The zero-order valence-corrected chi connectivity index (χ0v) is 13.1. The molecule has 0 radical (unpaired) electrons. The fourth-order valence-electron chi connectivity index (χ4n) is 2.20. The molecule has 2 aliphatic rings. The number of nitrogens with zero attached hydrogens (tertiary/aromatic N) is 2. The molecule has 1 fully saturated rings. The Kier molecular flexibility index (Phi) is 4.73. The molecule has 116 valence electrons. The lowest BCUT2D eigenvalue weighted by atomic mass is 10.2. The minimum absolute atomic E-state index is 0. The summed E-state index contributed by atoms with van der Waals surface area (Å²) in [6.45, 7) is 0. The molecule has 0 spiro atoms. The molecule has 0 saturated heterocycles.